The second-order valence-corrected chi connectivity index (χ2v) is 8.61. The molecule has 3 amide bonds. The van der Waals surface area contributed by atoms with Crippen LogP contribution in [0.25, 0.3) is 10.2 Å². The van der Waals surface area contributed by atoms with Gasteiger partial charge in [0.25, 0.3) is 23.3 Å². The standard InChI is InChI=1S/C24H18N4O4S/c1-14-18-21(33-19(14)20(29)26-15-7-3-2-4-8-15)25-13-27(24(18)32)11-12-28-22(30)16-9-5-6-10-17(16)23(28)31/h2-10,13H,11-12H2,1H3,(H,26,29). The number of rotatable bonds is 5. The van der Waals surface area contributed by atoms with E-state index in [1.807, 2.05) is 18.2 Å². The van der Waals surface area contributed by atoms with Gasteiger partial charge in [0, 0.05) is 18.8 Å². The molecule has 0 aliphatic carbocycles. The van der Waals surface area contributed by atoms with Gasteiger partial charge in [-0.2, -0.15) is 0 Å². The van der Waals surface area contributed by atoms with Crippen molar-refractivity contribution in [2.75, 3.05) is 11.9 Å². The van der Waals surface area contributed by atoms with Crippen LogP contribution in [0, 0.1) is 6.92 Å². The molecule has 0 unspecified atom stereocenters. The van der Waals surface area contributed by atoms with E-state index in [4.69, 9.17) is 0 Å². The van der Waals surface area contributed by atoms with Crippen molar-refractivity contribution < 1.29 is 14.4 Å². The first-order valence-electron chi connectivity index (χ1n) is 10.3. The molecule has 0 spiro atoms. The molecule has 1 N–H and O–H groups in total. The fraction of sp³-hybridized carbons (Fsp3) is 0.125. The number of anilines is 1. The number of imide groups is 1. The summed E-state index contributed by atoms with van der Waals surface area (Å²) in [6.45, 7) is 1.87. The van der Waals surface area contributed by atoms with E-state index in [1.54, 1.807) is 43.3 Å². The summed E-state index contributed by atoms with van der Waals surface area (Å²) in [6.07, 6.45) is 1.39. The first-order chi connectivity index (χ1) is 16.0. The van der Waals surface area contributed by atoms with Gasteiger partial charge in [0.15, 0.2) is 0 Å². The lowest BCUT2D eigenvalue weighted by Crippen LogP contribution is -2.35. The van der Waals surface area contributed by atoms with Gasteiger partial charge in [-0.25, -0.2) is 4.98 Å². The van der Waals surface area contributed by atoms with E-state index in [-0.39, 0.29) is 36.4 Å². The van der Waals surface area contributed by atoms with Gasteiger partial charge >= 0.3 is 0 Å². The summed E-state index contributed by atoms with van der Waals surface area (Å²) in [5.41, 5.74) is 1.63. The number of hydrogen-bond donors (Lipinski definition) is 1. The van der Waals surface area contributed by atoms with Crippen LogP contribution in [0.15, 0.2) is 65.7 Å². The van der Waals surface area contributed by atoms with Crippen LogP contribution in [0.3, 0.4) is 0 Å². The van der Waals surface area contributed by atoms with Gasteiger partial charge in [-0.3, -0.25) is 28.6 Å². The minimum absolute atomic E-state index is 0.0456. The summed E-state index contributed by atoms with van der Waals surface area (Å²) >= 11 is 1.15. The molecular weight excluding hydrogens is 440 g/mol. The summed E-state index contributed by atoms with van der Waals surface area (Å²) in [4.78, 5) is 57.4. The predicted octanol–water partition coefficient (Wildman–Crippen LogP) is 3.31. The molecule has 3 heterocycles. The van der Waals surface area contributed by atoms with Crippen LogP contribution in [0.1, 0.15) is 36.0 Å². The van der Waals surface area contributed by atoms with E-state index in [0.717, 1.165) is 16.2 Å². The molecule has 2 aromatic carbocycles. The van der Waals surface area contributed by atoms with Crippen LogP contribution in [-0.2, 0) is 6.54 Å². The van der Waals surface area contributed by atoms with Crippen LogP contribution < -0.4 is 10.9 Å². The molecule has 0 bridgehead atoms. The van der Waals surface area contributed by atoms with Crippen LogP contribution >= 0.6 is 11.3 Å². The number of para-hydroxylation sites is 1. The summed E-state index contributed by atoms with van der Waals surface area (Å²) in [6, 6.07) is 15.7. The molecule has 9 heteroatoms. The van der Waals surface area contributed by atoms with Crippen molar-refractivity contribution in [3.05, 3.63) is 92.8 Å². The number of benzene rings is 2. The molecule has 2 aromatic heterocycles. The summed E-state index contributed by atoms with van der Waals surface area (Å²) in [5.74, 6) is -1.05. The van der Waals surface area contributed by atoms with E-state index < -0.39 is 0 Å². The Kier molecular flexibility index (Phi) is 5.10. The highest BCUT2D eigenvalue weighted by molar-refractivity contribution is 7.20. The third-order valence-electron chi connectivity index (χ3n) is 5.60. The third kappa shape index (κ3) is 3.52. The Hall–Kier alpha value is -4.11. The normalized spacial score (nSPS) is 12.9. The number of hydrogen-bond acceptors (Lipinski definition) is 6. The lowest BCUT2D eigenvalue weighted by atomic mass is 10.1. The largest absolute Gasteiger partial charge is 0.321 e. The van der Waals surface area contributed by atoms with Crippen molar-refractivity contribution in [2.24, 2.45) is 0 Å². The topological polar surface area (TPSA) is 101 Å². The van der Waals surface area contributed by atoms with Crippen molar-refractivity contribution in [3.63, 3.8) is 0 Å². The fourth-order valence-corrected chi connectivity index (χ4v) is 4.93. The maximum absolute atomic E-state index is 13.1. The molecule has 0 radical (unpaired) electrons. The SMILES string of the molecule is Cc1c(C(=O)Nc2ccccc2)sc2ncn(CCN3C(=O)c4ccccc4C3=O)c(=O)c12. The van der Waals surface area contributed by atoms with Crippen molar-refractivity contribution in [1.82, 2.24) is 14.5 Å². The van der Waals surface area contributed by atoms with Crippen LogP contribution in [0.4, 0.5) is 5.69 Å². The summed E-state index contributed by atoms with van der Waals surface area (Å²) < 4.78 is 1.37. The smallest absolute Gasteiger partial charge is 0.266 e. The van der Waals surface area contributed by atoms with Gasteiger partial charge < -0.3 is 5.32 Å². The van der Waals surface area contributed by atoms with E-state index in [2.05, 4.69) is 10.3 Å². The molecule has 33 heavy (non-hydrogen) atoms. The molecule has 4 aromatic rings. The van der Waals surface area contributed by atoms with Gasteiger partial charge in [0.1, 0.15) is 4.83 Å². The highest BCUT2D eigenvalue weighted by Crippen LogP contribution is 2.28. The van der Waals surface area contributed by atoms with Crippen molar-refractivity contribution in [2.45, 2.75) is 13.5 Å². The van der Waals surface area contributed by atoms with Crippen molar-refractivity contribution in [3.8, 4) is 0 Å². The Morgan fingerprint density at radius 1 is 0.939 bits per heavy atom. The maximum atomic E-state index is 13.1. The monoisotopic (exact) mass is 458 g/mol. The molecule has 1 aliphatic rings. The number of aromatic nitrogens is 2. The molecule has 0 saturated heterocycles. The number of nitrogens with one attached hydrogen (secondary N) is 1. The van der Waals surface area contributed by atoms with Crippen molar-refractivity contribution >= 4 is 45.0 Å². The molecule has 0 fully saturated rings. The number of aryl methyl sites for hydroxylation is 1. The number of nitrogens with zero attached hydrogens (tertiary/aromatic N) is 3. The average molecular weight is 458 g/mol. The second kappa shape index (κ2) is 8.10. The van der Waals surface area contributed by atoms with E-state index in [0.29, 0.717) is 37.5 Å². The Labute approximate surface area is 192 Å². The minimum atomic E-state index is -0.371. The quantitative estimate of drug-likeness (QED) is 0.463. The molecule has 5 rings (SSSR count). The molecule has 0 atom stereocenters. The third-order valence-corrected chi connectivity index (χ3v) is 6.80. The lowest BCUT2D eigenvalue weighted by molar-refractivity contribution is 0.0648. The van der Waals surface area contributed by atoms with E-state index in [9.17, 15) is 19.2 Å². The van der Waals surface area contributed by atoms with Gasteiger partial charge in [-0.1, -0.05) is 30.3 Å². The zero-order valence-corrected chi connectivity index (χ0v) is 18.4. The molecule has 164 valence electrons. The number of thiophene rings is 1. The molecule has 0 saturated carbocycles. The van der Waals surface area contributed by atoms with E-state index in [1.165, 1.54) is 10.9 Å². The van der Waals surface area contributed by atoms with Gasteiger partial charge in [0.2, 0.25) is 0 Å². The highest BCUT2D eigenvalue weighted by Gasteiger charge is 2.34. The lowest BCUT2D eigenvalue weighted by Gasteiger charge is -2.14. The average Bonchev–Trinajstić information content (AvgIpc) is 3.29. The zero-order chi connectivity index (χ0) is 23.1. The number of fused-ring (bicyclic) bond motifs is 2. The Morgan fingerprint density at radius 2 is 1.58 bits per heavy atom. The van der Waals surface area contributed by atoms with Gasteiger partial charge in [-0.05, 0) is 36.8 Å². The van der Waals surface area contributed by atoms with Crippen LogP contribution in [-0.4, -0.2) is 38.7 Å². The molecule has 1 aliphatic heterocycles. The highest BCUT2D eigenvalue weighted by atomic mass is 32.1. The summed E-state index contributed by atoms with van der Waals surface area (Å²) in [7, 11) is 0. The number of carbonyl (C=O) groups excluding carboxylic acids is 3. The Morgan fingerprint density at radius 3 is 2.24 bits per heavy atom. The fourth-order valence-electron chi connectivity index (χ4n) is 3.89. The van der Waals surface area contributed by atoms with Crippen LogP contribution in [0.5, 0.6) is 0 Å². The molecule has 8 nitrogen and oxygen atoms in total. The molecular formula is C24H18N4O4S. The zero-order valence-electron chi connectivity index (χ0n) is 17.6. The second-order valence-electron chi connectivity index (χ2n) is 7.61. The first-order valence-corrected chi connectivity index (χ1v) is 11.1. The first kappa shape index (κ1) is 20.8. The van der Waals surface area contributed by atoms with Crippen molar-refractivity contribution in [1.29, 1.82) is 0 Å². The Bertz CT molecular complexity index is 1450. The van der Waals surface area contributed by atoms with Gasteiger partial charge in [0.05, 0.1) is 27.7 Å². The van der Waals surface area contributed by atoms with Gasteiger partial charge in [-0.15, -0.1) is 11.3 Å². The van der Waals surface area contributed by atoms with Crippen LogP contribution in [0.2, 0.25) is 0 Å². The Balaban J connectivity index is 1.39. The minimum Gasteiger partial charge on any atom is -0.321 e. The van der Waals surface area contributed by atoms with E-state index >= 15 is 0 Å². The number of carbonyl (C=O) groups is 3. The maximum Gasteiger partial charge on any atom is 0.266 e. The predicted molar refractivity (Wildman–Crippen MR) is 125 cm³/mol. The summed E-state index contributed by atoms with van der Waals surface area (Å²) in [5, 5.41) is 3.19. The number of amides is 3.